The summed E-state index contributed by atoms with van der Waals surface area (Å²) in [5.41, 5.74) is 0. The number of nitrogens with zero attached hydrogens (tertiary/aromatic N) is 1. The Morgan fingerprint density at radius 3 is 2.88 bits per heavy atom. The number of carbonyl (C=O) groups excluding carboxylic acids is 1. The zero-order valence-electron chi connectivity index (χ0n) is 9.18. The molecular formula is C11H15NO3S. The predicted molar refractivity (Wildman–Crippen MR) is 61.6 cm³/mol. The van der Waals surface area contributed by atoms with Gasteiger partial charge in [0.2, 0.25) is 0 Å². The molecule has 5 heteroatoms. The Kier molecular flexibility index (Phi) is 3.56. The molecular weight excluding hydrogens is 226 g/mol. The number of rotatable bonds is 5. The second-order valence-electron chi connectivity index (χ2n) is 3.78. The molecule has 1 heterocycles. The zero-order chi connectivity index (χ0) is 11.5. The fourth-order valence-corrected chi connectivity index (χ4v) is 2.01. The normalized spacial score (nSPS) is 15.1. The van der Waals surface area contributed by atoms with E-state index < -0.39 is 0 Å². The molecule has 0 atom stereocenters. The SMILES string of the molecule is CSc1ccc(C(=O)N(CCO)C2CC2)o1. The van der Waals surface area contributed by atoms with Gasteiger partial charge in [0, 0.05) is 12.6 Å². The second-order valence-corrected chi connectivity index (χ2v) is 4.59. The van der Waals surface area contributed by atoms with Crippen LogP contribution in [0, 0.1) is 0 Å². The number of amides is 1. The van der Waals surface area contributed by atoms with Crippen LogP contribution in [-0.2, 0) is 0 Å². The lowest BCUT2D eigenvalue weighted by molar-refractivity contribution is 0.0670. The van der Waals surface area contributed by atoms with Crippen LogP contribution in [0.4, 0.5) is 0 Å². The lowest BCUT2D eigenvalue weighted by Crippen LogP contribution is -2.35. The van der Waals surface area contributed by atoms with E-state index in [2.05, 4.69) is 0 Å². The summed E-state index contributed by atoms with van der Waals surface area (Å²) >= 11 is 1.47. The highest BCUT2D eigenvalue weighted by atomic mass is 32.2. The predicted octanol–water partition coefficient (Wildman–Crippen LogP) is 1.60. The van der Waals surface area contributed by atoms with Gasteiger partial charge in [-0.15, -0.1) is 0 Å². The van der Waals surface area contributed by atoms with Gasteiger partial charge >= 0.3 is 0 Å². The summed E-state index contributed by atoms with van der Waals surface area (Å²) in [6.45, 7) is 0.386. The van der Waals surface area contributed by atoms with Crippen molar-refractivity contribution in [2.75, 3.05) is 19.4 Å². The van der Waals surface area contributed by atoms with Crippen molar-refractivity contribution in [2.24, 2.45) is 0 Å². The molecule has 4 nitrogen and oxygen atoms in total. The van der Waals surface area contributed by atoms with E-state index in [0.29, 0.717) is 18.3 Å². The van der Waals surface area contributed by atoms with Gasteiger partial charge in [-0.3, -0.25) is 4.79 Å². The highest BCUT2D eigenvalue weighted by Gasteiger charge is 2.33. The van der Waals surface area contributed by atoms with Crippen LogP contribution in [0.5, 0.6) is 0 Å². The number of hydrogen-bond acceptors (Lipinski definition) is 4. The van der Waals surface area contributed by atoms with Gasteiger partial charge in [-0.1, -0.05) is 11.8 Å². The molecule has 0 spiro atoms. The minimum Gasteiger partial charge on any atom is -0.445 e. The maximum atomic E-state index is 12.1. The van der Waals surface area contributed by atoms with Gasteiger partial charge in [0.05, 0.1) is 6.61 Å². The first kappa shape index (κ1) is 11.5. The number of furan rings is 1. The fourth-order valence-electron chi connectivity index (χ4n) is 1.63. The maximum absolute atomic E-state index is 12.1. The summed E-state index contributed by atoms with van der Waals surface area (Å²) in [5.74, 6) is 0.251. The third-order valence-corrected chi connectivity index (χ3v) is 3.20. The largest absolute Gasteiger partial charge is 0.445 e. The smallest absolute Gasteiger partial charge is 0.289 e. The quantitative estimate of drug-likeness (QED) is 0.796. The average molecular weight is 241 g/mol. The molecule has 0 radical (unpaired) electrons. The van der Waals surface area contributed by atoms with E-state index in [1.165, 1.54) is 11.8 Å². The van der Waals surface area contributed by atoms with E-state index >= 15 is 0 Å². The fraction of sp³-hybridized carbons (Fsp3) is 0.545. The number of aliphatic hydroxyl groups excluding tert-OH is 1. The summed E-state index contributed by atoms with van der Waals surface area (Å²) in [6, 6.07) is 3.78. The highest BCUT2D eigenvalue weighted by Crippen LogP contribution is 2.29. The number of hydrogen-bond donors (Lipinski definition) is 1. The van der Waals surface area contributed by atoms with Crippen molar-refractivity contribution >= 4 is 17.7 Å². The minimum absolute atomic E-state index is 0.00165. The molecule has 1 amide bonds. The molecule has 0 unspecified atom stereocenters. The van der Waals surface area contributed by atoms with Crippen LogP contribution in [0.25, 0.3) is 0 Å². The molecule has 1 aromatic rings. The van der Waals surface area contributed by atoms with Crippen molar-refractivity contribution in [1.29, 1.82) is 0 Å². The van der Waals surface area contributed by atoms with Crippen LogP contribution < -0.4 is 0 Å². The molecule has 16 heavy (non-hydrogen) atoms. The zero-order valence-corrected chi connectivity index (χ0v) is 10.00. The van der Waals surface area contributed by atoms with Gasteiger partial charge in [0.1, 0.15) is 0 Å². The van der Waals surface area contributed by atoms with Crippen molar-refractivity contribution in [3.8, 4) is 0 Å². The first-order valence-corrected chi connectivity index (χ1v) is 6.54. The first-order valence-electron chi connectivity index (χ1n) is 5.32. The Morgan fingerprint density at radius 1 is 1.62 bits per heavy atom. The Morgan fingerprint density at radius 2 is 2.38 bits per heavy atom. The monoisotopic (exact) mass is 241 g/mol. The Labute approximate surface area is 98.6 Å². The third-order valence-electron chi connectivity index (χ3n) is 2.58. The van der Waals surface area contributed by atoms with Crippen LogP contribution in [-0.4, -0.2) is 41.4 Å². The summed E-state index contributed by atoms with van der Waals surface area (Å²) in [7, 11) is 0. The summed E-state index contributed by atoms with van der Waals surface area (Å²) < 4.78 is 5.39. The van der Waals surface area contributed by atoms with Gasteiger partial charge in [-0.2, -0.15) is 0 Å². The maximum Gasteiger partial charge on any atom is 0.289 e. The molecule has 0 saturated heterocycles. The summed E-state index contributed by atoms with van der Waals surface area (Å²) in [4.78, 5) is 13.8. The molecule has 2 rings (SSSR count). The molecule has 0 aliphatic heterocycles. The van der Waals surface area contributed by atoms with Gasteiger partial charge < -0.3 is 14.4 Å². The van der Waals surface area contributed by atoms with E-state index in [1.807, 2.05) is 6.26 Å². The standard InChI is InChI=1S/C11H15NO3S/c1-16-10-5-4-9(15-10)11(14)12(6-7-13)8-2-3-8/h4-5,8,13H,2-3,6-7H2,1H3. The molecule has 1 aliphatic carbocycles. The number of thioether (sulfide) groups is 1. The van der Waals surface area contributed by atoms with E-state index in [-0.39, 0.29) is 12.5 Å². The Hall–Kier alpha value is -0.940. The second kappa shape index (κ2) is 4.93. The molecule has 1 saturated carbocycles. The lowest BCUT2D eigenvalue weighted by atomic mass is 10.3. The van der Waals surface area contributed by atoms with Crippen molar-refractivity contribution < 1.29 is 14.3 Å². The van der Waals surface area contributed by atoms with Crippen molar-refractivity contribution in [3.05, 3.63) is 17.9 Å². The molecule has 0 aromatic carbocycles. The molecule has 0 bridgehead atoms. The highest BCUT2D eigenvalue weighted by molar-refractivity contribution is 7.98. The molecule has 1 N–H and O–H groups in total. The lowest BCUT2D eigenvalue weighted by Gasteiger charge is -2.19. The van der Waals surface area contributed by atoms with E-state index in [4.69, 9.17) is 9.52 Å². The van der Waals surface area contributed by atoms with Crippen molar-refractivity contribution in [1.82, 2.24) is 4.90 Å². The van der Waals surface area contributed by atoms with Crippen LogP contribution in [0.15, 0.2) is 21.6 Å². The summed E-state index contributed by atoms with van der Waals surface area (Å²) in [6.07, 6.45) is 3.96. The Bertz CT molecular complexity index is 373. The molecule has 1 aromatic heterocycles. The van der Waals surface area contributed by atoms with Crippen LogP contribution >= 0.6 is 11.8 Å². The average Bonchev–Trinajstić information content (AvgIpc) is 3.02. The number of carbonyl (C=O) groups is 1. The Balaban J connectivity index is 2.09. The van der Waals surface area contributed by atoms with E-state index in [0.717, 1.165) is 17.9 Å². The van der Waals surface area contributed by atoms with E-state index in [9.17, 15) is 4.79 Å². The third kappa shape index (κ3) is 2.41. The topological polar surface area (TPSA) is 53.7 Å². The minimum atomic E-state index is -0.114. The van der Waals surface area contributed by atoms with Gasteiger partial charge in [-0.05, 0) is 31.2 Å². The molecule has 1 aliphatic rings. The van der Waals surface area contributed by atoms with Crippen LogP contribution in [0.1, 0.15) is 23.4 Å². The van der Waals surface area contributed by atoms with Gasteiger partial charge in [0.15, 0.2) is 10.9 Å². The van der Waals surface area contributed by atoms with Crippen LogP contribution in [0.2, 0.25) is 0 Å². The van der Waals surface area contributed by atoms with Crippen LogP contribution in [0.3, 0.4) is 0 Å². The molecule has 1 fully saturated rings. The van der Waals surface area contributed by atoms with Gasteiger partial charge in [-0.25, -0.2) is 0 Å². The number of aliphatic hydroxyl groups is 1. The first-order chi connectivity index (χ1) is 7.76. The van der Waals surface area contributed by atoms with Gasteiger partial charge in [0.25, 0.3) is 5.91 Å². The summed E-state index contributed by atoms with van der Waals surface area (Å²) in [5, 5.41) is 9.67. The van der Waals surface area contributed by atoms with E-state index in [1.54, 1.807) is 17.0 Å². The molecule has 88 valence electrons. The van der Waals surface area contributed by atoms with Crippen molar-refractivity contribution in [2.45, 2.75) is 24.0 Å². The van der Waals surface area contributed by atoms with Crippen molar-refractivity contribution in [3.63, 3.8) is 0 Å².